The van der Waals surface area contributed by atoms with Crippen LogP contribution in [-0.4, -0.2) is 28.0 Å². The number of oxazole rings is 1. The lowest BCUT2D eigenvalue weighted by molar-refractivity contribution is -0.160. The molecule has 1 aliphatic rings. The first-order chi connectivity index (χ1) is 10.5. The van der Waals surface area contributed by atoms with E-state index in [4.69, 9.17) is 5.11 Å². The van der Waals surface area contributed by atoms with Gasteiger partial charge in [-0.2, -0.15) is 13.2 Å². The van der Waals surface area contributed by atoms with Gasteiger partial charge in [-0.05, 0) is 24.7 Å². The molecule has 1 aromatic heterocycles. The number of amides is 1. The molecule has 0 aliphatic heterocycles. The number of carboxylic acid groups (broad SMARTS) is 1. The highest BCUT2D eigenvalue weighted by molar-refractivity contribution is 5.92. The van der Waals surface area contributed by atoms with Gasteiger partial charge in [0, 0.05) is 6.04 Å². The van der Waals surface area contributed by atoms with Gasteiger partial charge in [0.2, 0.25) is 5.76 Å². The third kappa shape index (κ3) is 3.04. The summed E-state index contributed by atoms with van der Waals surface area (Å²) in [6.45, 7) is 5.16. The number of carbonyl (C=O) groups excluding carboxylic acids is 1. The summed E-state index contributed by atoms with van der Waals surface area (Å²) in [7, 11) is 0. The van der Waals surface area contributed by atoms with Gasteiger partial charge in [0.05, 0.1) is 5.92 Å². The Labute approximate surface area is 130 Å². The molecule has 6 nitrogen and oxygen atoms in total. The maximum Gasteiger partial charge on any atom is 0.437 e. The quantitative estimate of drug-likeness (QED) is 0.883. The lowest BCUT2D eigenvalue weighted by Gasteiger charge is -2.52. The second-order valence-electron chi connectivity index (χ2n) is 6.34. The predicted octanol–water partition coefficient (Wildman–Crippen LogP) is 2.56. The standard InChI is InChI=1S/C14H17F3N2O4/c1-6(7-4-8(12(21)22)13(7,2)3)19-11(20)9-10(14(15,16)17)18-5-23-9/h5-8H,4H2,1-3H3,(H,19,20)(H,21,22)/t6?,7-,8+/m0/s1. The van der Waals surface area contributed by atoms with Gasteiger partial charge in [0.15, 0.2) is 12.1 Å². The molecule has 2 N–H and O–H groups in total. The van der Waals surface area contributed by atoms with Gasteiger partial charge >= 0.3 is 12.1 Å². The molecule has 3 atom stereocenters. The SMILES string of the molecule is CC(NC(=O)c1ocnc1C(F)(F)F)[C@@H]1C[C@H](C(=O)O)C1(C)C. The van der Waals surface area contributed by atoms with Crippen LogP contribution < -0.4 is 5.32 Å². The largest absolute Gasteiger partial charge is 0.481 e. The number of hydrogen-bond acceptors (Lipinski definition) is 4. The summed E-state index contributed by atoms with van der Waals surface area (Å²) in [5.41, 5.74) is -1.94. The van der Waals surface area contributed by atoms with Gasteiger partial charge in [-0.15, -0.1) is 0 Å². The summed E-state index contributed by atoms with van der Waals surface area (Å²) in [6.07, 6.45) is -3.87. The minimum absolute atomic E-state index is 0.162. The molecule has 1 saturated carbocycles. The Morgan fingerprint density at radius 1 is 1.48 bits per heavy atom. The fourth-order valence-corrected chi connectivity index (χ4v) is 3.21. The lowest BCUT2D eigenvalue weighted by atomic mass is 9.52. The van der Waals surface area contributed by atoms with Crippen molar-refractivity contribution in [2.24, 2.45) is 17.3 Å². The Hall–Kier alpha value is -2.06. The monoisotopic (exact) mass is 334 g/mol. The molecule has 1 aromatic rings. The molecule has 0 radical (unpaired) electrons. The van der Waals surface area contributed by atoms with E-state index in [9.17, 15) is 22.8 Å². The number of alkyl halides is 3. The summed E-state index contributed by atoms with van der Waals surface area (Å²) in [5.74, 6) is -3.53. The van der Waals surface area contributed by atoms with E-state index in [2.05, 4.69) is 14.7 Å². The molecule has 1 heterocycles. The van der Waals surface area contributed by atoms with Crippen molar-refractivity contribution in [2.45, 2.75) is 39.4 Å². The van der Waals surface area contributed by atoms with Crippen LogP contribution in [0.25, 0.3) is 0 Å². The van der Waals surface area contributed by atoms with Gasteiger partial charge < -0.3 is 14.8 Å². The van der Waals surface area contributed by atoms with Gasteiger partial charge in [-0.3, -0.25) is 9.59 Å². The molecule has 1 amide bonds. The Morgan fingerprint density at radius 2 is 2.09 bits per heavy atom. The minimum Gasteiger partial charge on any atom is -0.481 e. The van der Waals surface area contributed by atoms with E-state index in [0.717, 1.165) is 0 Å². The highest BCUT2D eigenvalue weighted by Crippen LogP contribution is 2.52. The maximum absolute atomic E-state index is 12.7. The van der Waals surface area contributed by atoms with E-state index in [1.54, 1.807) is 20.8 Å². The van der Waals surface area contributed by atoms with Crippen LogP contribution in [0, 0.1) is 17.3 Å². The van der Waals surface area contributed by atoms with E-state index >= 15 is 0 Å². The average molecular weight is 334 g/mol. The van der Waals surface area contributed by atoms with Crippen LogP contribution in [-0.2, 0) is 11.0 Å². The summed E-state index contributed by atoms with van der Waals surface area (Å²) < 4.78 is 42.7. The molecule has 0 saturated heterocycles. The van der Waals surface area contributed by atoms with E-state index in [-0.39, 0.29) is 5.92 Å². The number of carboxylic acids is 1. The smallest absolute Gasteiger partial charge is 0.437 e. The molecule has 2 rings (SSSR count). The normalized spacial score (nSPS) is 24.6. The first-order valence-electron chi connectivity index (χ1n) is 7.00. The average Bonchev–Trinajstić information content (AvgIpc) is 2.85. The van der Waals surface area contributed by atoms with Gasteiger partial charge in [0.1, 0.15) is 0 Å². The number of aliphatic carboxylic acids is 1. The lowest BCUT2D eigenvalue weighted by Crippen LogP contribution is -2.56. The minimum atomic E-state index is -4.78. The van der Waals surface area contributed by atoms with Crippen molar-refractivity contribution in [3.05, 3.63) is 17.8 Å². The predicted molar refractivity (Wildman–Crippen MR) is 71.4 cm³/mol. The summed E-state index contributed by atoms with van der Waals surface area (Å²) in [6, 6.07) is -0.501. The van der Waals surface area contributed by atoms with Gasteiger partial charge in [-0.25, -0.2) is 4.98 Å². The topological polar surface area (TPSA) is 92.4 Å². The Morgan fingerprint density at radius 3 is 2.57 bits per heavy atom. The van der Waals surface area contributed by atoms with E-state index in [1.165, 1.54) is 0 Å². The number of carbonyl (C=O) groups is 2. The second-order valence-corrected chi connectivity index (χ2v) is 6.34. The number of aromatic nitrogens is 1. The number of halogens is 3. The highest BCUT2D eigenvalue weighted by atomic mass is 19.4. The molecule has 128 valence electrons. The highest BCUT2D eigenvalue weighted by Gasteiger charge is 2.54. The number of nitrogens with zero attached hydrogens (tertiary/aromatic N) is 1. The molecule has 1 aliphatic carbocycles. The fourth-order valence-electron chi connectivity index (χ4n) is 3.21. The Balaban J connectivity index is 2.08. The van der Waals surface area contributed by atoms with Crippen LogP contribution in [0.4, 0.5) is 13.2 Å². The Kier molecular flexibility index (Phi) is 4.16. The van der Waals surface area contributed by atoms with E-state index < -0.39 is 46.9 Å². The van der Waals surface area contributed by atoms with Crippen LogP contribution in [0.1, 0.15) is 43.4 Å². The zero-order chi connectivity index (χ0) is 17.6. The van der Waals surface area contributed by atoms with Crippen molar-refractivity contribution < 1.29 is 32.3 Å². The van der Waals surface area contributed by atoms with Crippen LogP contribution in [0.5, 0.6) is 0 Å². The van der Waals surface area contributed by atoms with Crippen molar-refractivity contribution >= 4 is 11.9 Å². The maximum atomic E-state index is 12.7. The molecule has 0 spiro atoms. The summed E-state index contributed by atoms with van der Waals surface area (Å²) >= 11 is 0. The van der Waals surface area contributed by atoms with Gasteiger partial charge in [-0.1, -0.05) is 13.8 Å². The number of hydrogen-bond donors (Lipinski definition) is 2. The van der Waals surface area contributed by atoms with Crippen molar-refractivity contribution in [3.63, 3.8) is 0 Å². The third-order valence-corrected chi connectivity index (χ3v) is 4.65. The molecule has 1 unspecified atom stereocenters. The van der Waals surface area contributed by atoms with E-state index in [0.29, 0.717) is 12.8 Å². The van der Waals surface area contributed by atoms with Crippen molar-refractivity contribution in [3.8, 4) is 0 Å². The van der Waals surface area contributed by atoms with Crippen LogP contribution >= 0.6 is 0 Å². The molecule has 0 bridgehead atoms. The number of nitrogens with one attached hydrogen (secondary N) is 1. The van der Waals surface area contributed by atoms with Gasteiger partial charge in [0.25, 0.3) is 5.91 Å². The number of rotatable bonds is 4. The summed E-state index contributed by atoms with van der Waals surface area (Å²) in [5, 5.41) is 11.5. The third-order valence-electron chi connectivity index (χ3n) is 4.65. The van der Waals surface area contributed by atoms with Crippen LogP contribution in [0.3, 0.4) is 0 Å². The van der Waals surface area contributed by atoms with Crippen molar-refractivity contribution in [1.29, 1.82) is 0 Å². The van der Waals surface area contributed by atoms with E-state index in [1.807, 2.05) is 0 Å². The Bertz CT molecular complexity index is 624. The fraction of sp³-hybridized carbons (Fsp3) is 0.643. The first kappa shape index (κ1) is 17.3. The van der Waals surface area contributed by atoms with Crippen LogP contribution in [0.2, 0.25) is 0 Å². The molecular weight excluding hydrogens is 317 g/mol. The van der Waals surface area contributed by atoms with Crippen molar-refractivity contribution in [1.82, 2.24) is 10.3 Å². The first-order valence-corrected chi connectivity index (χ1v) is 7.00. The molecule has 9 heteroatoms. The zero-order valence-electron chi connectivity index (χ0n) is 12.8. The molecule has 23 heavy (non-hydrogen) atoms. The van der Waals surface area contributed by atoms with Crippen molar-refractivity contribution in [2.75, 3.05) is 0 Å². The second kappa shape index (κ2) is 5.54. The molecular formula is C14H17F3N2O4. The molecule has 1 fully saturated rings. The van der Waals surface area contributed by atoms with Crippen LogP contribution in [0.15, 0.2) is 10.8 Å². The summed E-state index contributed by atoms with van der Waals surface area (Å²) in [4.78, 5) is 26.1. The zero-order valence-corrected chi connectivity index (χ0v) is 12.8. The molecule has 0 aromatic carbocycles.